The lowest BCUT2D eigenvalue weighted by Gasteiger charge is -2.25. The third-order valence-corrected chi connectivity index (χ3v) is 2.42. The van der Waals surface area contributed by atoms with Crippen molar-refractivity contribution in [3.05, 3.63) is 0 Å². The molecule has 0 aliphatic carbocycles. The van der Waals surface area contributed by atoms with Crippen molar-refractivity contribution in [3.63, 3.8) is 0 Å². The molecule has 1 rings (SSSR count). The molecule has 0 aromatic rings. The highest BCUT2D eigenvalue weighted by molar-refractivity contribution is 5.69. The summed E-state index contributed by atoms with van der Waals surface area (Å²) < 4.78 is 10.00. The summed E-state index contributed by atoms with van der Waals surface area (Å²) in [4.78, 5) is 11.1. The highest BCUT2D eigenvalue weighted by atomic mass is 16.5. The van der Waals surface area contributed by atoms with Crippen molar-refractivity contribution in [2.45, 2.75) is 32.3 Å². The molecule has 1 N–H and O–H groups in total. The van der Waals surface area contributed by atoms with E-state index in [1.165, 1.54) is 0 Å². The molecule has 1 aliphatic rings. The van der Waals surface area contributed by atoms with E-state index >= 15 is 0 Å². The zero-order valence-electron chi connectivity index (χ0n) is 8.57. The third-order valence-electron chi connectivity index (χ3n) is 2.42. The van der Waals surface area contributed by atoms with Gasteiger partial charge in [-0.05, 0) is 19.8 Å². The summed E-state index contributed by atoms with van der Waals surface area (Å²) in [7, 11) is 0. The largest absolute Gasteiger partial charge is 0.466 e. The molecule has 4 heteroatoms. The van der Waals surface area contributed by atoms with Crippen molar-refractivity contribution in [1.29, 1.82) is 0 Å². The minimum absolute atomic E-state index is 0.0852. The highest BCUT2D eigenvalue weighted by Gasteiger charge is 2.24. The molecule has 14 heavy (non-hydrogen) atoms. The Labute approximate surface area is 84.2 Å². The quantitative estimate of drug-likeness (QED) is 0.683. The Balaban J connectivity index is 2.25. The fourth-order valence-corrected chi connectivity index (χ4v) is 1.63. The number of aliphatic hydroxyl groups excluding tert-OH is 1. The topological polar surface area (TPSA) is 55.8 Å². The van der Waals surface area contributed by atoms with Crippen LogP contribution in [0.4, 0.5) is 0 Å². The Morgan fingerprint density at radius 1 is 1.71 bits per heavy atom. The standard InChI is InChI=1S/C10H18O4/c1-2-14-10(12)6-9(11)8-4-3-5-13-7-8/h8-9,11H,2-7H2,1H3/t8-,9-/m1/s1. The van der Waals surface area contributed by atoms with Crippen LogP contribution >= 0.6 is 0 Å². The molecule has 2 atom stereocenters. The minimum Gasteiger partial charge on any atom is -0.466 e. The maximum absolute atomic E-state index is 11.1. The molecule has 1 saturated heterocycles. The second-order valence-corrected chi connectivity index (χ2v) is 3.55. The molecule has 1 aliphatic heterocycles. The summed E-state index contributed by atoms with van der Waals surface area (Å²) >= 11 is 0. The molecule has 0 amide bonds. The molecular formula is C10H18O4. The number of esters is 1. The maximum Gasteiger partial charge on any atom is 0.308 e. The molecule has 0 bridgehead atoms. The van der Waals surface area contributed by atoms with Crippen LogP contribution in [0.3, 0.4) is 0 Å². The highest BCUT2D eigenvalue weighted by Crippen LogP contribution is 2.19. The fraction of sp³-hybridized carbons (Fsp3) is 0.900. The Morgan fingerprint density at radius 2 is 2.50 bits per heavy atom. The van der Waals surface area contributed by atoms with Crippen LogP contribution in [0.2, 0.25) is 0 Å². The molecule has 0 aromatic carbocycles. The predicted octanol–water partition coefficient (Wildman–Crippen LogP) is 0.727. The van der Waals surface area contributed by atoms with Gasteiger partial charge in [-0.1, -0.05) is 0 Å². The number of aliphatic hydroxyl groups is 1. The van der Waals surface area contributed by atoms with Crippen molar-refractivity contribution in [2.75, 3.05) is 19.8 Å². The van der Waals surface area contributed by atoms with Gasteiger partial charge in [-0.3, -0.25) is 4.79 Å². The molecular weight excluding hydrogens is 184 g/mol. The van der Waals surface area contributed by atoms with Gasteiger partial charge in [-0.25, -0.2) is 0 Å². The zero-order chi connectivity index (χ0) is 10.4. The molecule has 82 valence electrons. The maximum atomic E-state index is 11.1. The molecule has 0 saturated carbocycles. The molecule has 4 nitrogen and oxygen atoms in total. The monoisotopic (exact) mass is 202 g/mol. The molecule has 0 spiro atoms. The van der Waals surface area contributed by atoms with Crippen LogP contribution in [0.25, 0.3) is 0 Å². The van der Waals surface area contributed by atoms with Crippen molar-refractivity contribution in [3.8, 4) is 0 Å². The smallest absolute Gasteiger partial charge is 0.308 e. The minimum atomic E-state index is -0.616. The van der Waals surface area contributed by atoms with E-state index in [2.05, 4.69) is 0 Å². The number of carbonyl (C=O) groups excluding carboxylic acids is 1. The van der Waals surface area contributed by atoms with Crippen LogP contribution < -0.4 is 0 Å². The lowest BCUT2D eigenvalue weighted by Crippen LogP contribution is -2.31. The molecule has 1 fully saturated rings. The second kappa shape index (κ2) is 5.98. The van der Waals surface area contributed by atoms with E-state index in [4.69, 9.17) is 9.47 Å². The van der Waals surface area contributed by atoms with Crippen molar-refractivity contribution in [1.82, 2.24) is 0 Å². The summed E-state index contributed by atoms with van der Waals surface area (Å²) in [5.74, 6) is -0.237. The Hall–Kier alpha value is -0.610. The van der Waals surface area contributed by atoms with E-state index in [-0.39, 0.29) is 18.3 Å². The van der Waals surface area contributed by atoms with Crippen molar-refractivity contribution < 1.29 is 19.4 Å². The molecule has 0 radical (unpaired) electrons. The number of carbonyl (C=O) groups is 1. The fourth-order valence-electron chi connectivity index (χ4n) is 1.63. The van der Waals surface area contributed by atoms with Gasteiger partial charge in [-0.2, -0.15) is 0 Å². The van der Waals surface area contributed by atoms with Gasteiger partial charge >= 0.3 is 5.97 Å². The van der Waals surface area contributed by atoms with E-state index in [1.807, 2.05) is 0 Å². The van der Waals surface area contributed by atoms with Gasteiger partial charge in [0.1, 0.15) is 0 Å². The average Bonchev–Trinajstić information content (AvgIpc) is 2.19. The number of ether oxygens (including phenoxy) is 2. The summed E-state index contributed by atoms with van der Waals surface area (Å²) in [6.45, 7) is 3.45. The number of hydrogen-bond donors (Lipinski definition) is 1. The van der Waals surface area contributed by atoms with Crippen LogP contribution in [0.1, 0.15) is 26.2 Å². The Kier molecular flexibility index (Phi) is 4.90. The lowest BCUT2D eigenvalue weighted by atomic mass is 9.94. The van der Waals surface area contributed by atoms with E-state index in [0.717, 1.165) is 19.4 Å². The van der Waals surface area contributed by atoms with E-state index in [1.54, 1.807) is 6.92 Å². The first-order valence-corrected chi connectivity index (χ1v) is 5.15. The van der Waals surface area contributed by atoms with Crippen LogP contribution in [0.15, 0.2) is 0 Å². The lowest BCUT2D eigenvalue weighted by molar-refractivity contribution is -0.146. The SMILES string of the molecule is CCOC(=O)C[C@@H](O)[C@@H]1CCCOC1. The summed E-state index contributed by atoms with van der Waals surface area (Å²) in [6, 6.07) is 0. The van der Waals surface area contributed by atoms with Crippen molar-refractivity contribution in [2.24, 2.45) is 5.92 Å². The summed E-state index contributed by atoms with van der Waals surface area (Å²) in [5, 5.41) is 9.69. The first-order chi connectivity index (χ1) is 6.74. The van der Waals surface area contributed by atoms with E-state index < -0.39 is 6.10 Å². The van der Waals surface area contributed by atoms with Crippen molar-refractivity contribution >= 4 is 5.97 Å². The summed E-state index contributed by atoms with van der Waals surface area (Å²) in [5.41, 5.74) is 0. The predicted molar refractivity (Wildman–Crippen MR) is 50.8 cm³/mol. The van der Waals surface area contributed by atoms with Gasteiger partial charge in [0.05, 0.1) is 25.7 Å². The van der Waals surface area contributed by atoms with Gasteiger partial charge in [0.2, 0.25) is 0 Å². The average molecular weight is 202 g/mol. The second-order valence-electron chi connectivity index (χ2n) is 3.55. The third kappa shape index (κ3) is 3.64. The molecule has 1 heterocycles. The Morgan fingerprint density at radius 3 is 3.07 bits per heavy atom. The Bertz CT molecular complexity index is 175. The number of rotatable bonds is 4. The van der Waals surface area contributed by atoms with Crippen LogP contribution in [0.5, 0.6) is 0 Å². The first kappa shape index (κ1) is 11.5. The van der Waals surface area contributed by atoms with Gasteiger partial charge in [0, 0.05) is 12.5 Å². The van der Waals surface area contributed by atoms with E-state index in [0.29, 0.717) is 13.2 Å². The van der Waals surface area contributed by atoms with Gasteiger partial charge in [-0.15, -0.1) is 0 Å². The molecule has 0 aromatic heterocycles. The van der Waals surface area contributed by atoms with Crippen LogP contribution in [-0.4, -0.2) is 37.0 Å². The van der Waals surface area contributed by atoms with E-state index in [9.17, 15) is 9.90 Å². The van der Waals surface area contributed by atoms with Crippen LogP contribution in [-0.2, 0) is 14.3 Å². The summed E-state index contributed by atoms with van der Waals surface area (Å²) in [6.07, 6.45) is 1.36. The van der Waals surface area contributed by atoms with Gasteiger partial charge in [0.25, 0.3) is 0 Å². The molecule has 0 unspecified atom stereocenters. The first-order valence-electron chi connectivity index (χ1n) is 5.15. The number of hydrogen-bond acceptors (Lipinski definition) is 4. The van der Waals surface area contributed by atoms with Crippen LogP contribution in [0, 0.1) is 5.92 Å². The normalized spacial score (nSPS) is 24.3. The van der Waals surface area contributed by atoms with Gasteiger partial charge in [0.15, 0.2) is 0 Å². The zero-order valence-corrected chi connectivity index (χ0v) is 8.57. The van der Waals surface area contributed by atoms with Gasteiger partial charge < -0.3 is 14.6 Å².